The third-order valence-electron chi connectivity index (χ3n) is 11.1. The van der Waals surface area contributed by atoms with Gasteiger partial charge in [0, 0.05) is 30.8 Å². The molecule has 0 radical (unpaired) electrons. The molecule has 2 aromatic heterocycles. The summed E-state index contributed by atoms with van der Waals surface area (Å²) in [7, 11) is 4.98. The molecule has 3 aromatic carbocycles. The number of fused-ring (bicyclic) bond motifs is 2. The number of aromatic amines is 1. The number of ether oxygens (including phenoxy) is 3. The lowest BCUT2D eigenvalue weighted by Crippen LogP contribution is -2.72. The van der Waals surface area contributed by atoms with Gasteiger partial charge in [-0.05, 0) is 97.8 Å². The van der Waals surface area contributed by atoms with Crippen LogP contribution in [0.1, 0.15) is 29.9 Å². The van der Waals surface area contributed by atoms with Gasteiger partial charge < -0.3 is 54.7 Å². The van der Waals surface area contributed by atoms with E-state index in [1.165, 1.54) is 53.0 Å². The predicted octanol–water partition coefficient (Wildman–Crippen LogP) is 5.83. The number of phenolic OH excluding ortho intramolecular Hbond substituents is 1. The normalized spacial score (nSPS) is 26.1. The van der Waals surface area contributed by atoms with Gasteiger partial charge in [0.05, 0.1) is 10.9 Å². The van der Waals surface area contributed by atoms with Crippen LogP contribution in [0.25, 0.3) is 28.2 Å². The molecule has 2 aliphatic heterocycles. The molecular formula is C44H49N3O10S2. The van der Waals surface area contributed by atoms with Crippen molar-refractivity contribution in [1.82, 2.24) is 15.6 Å². The molecule has 312 valence electrons. The van der Waals surface area contributed by atoms with Gasteiger partial charge in [-0.25, -0.2) is 4.79 Å². The SMILES string of the molecule is CNCC[C@H](C/C=C/c1ccccc1)[C@H]1CNC[C@]2(O)[C@H](Oc3ccc4c(=O)c(-c5ccc(O)cc5)coc4c3)O[C@H](C(=O)O)[C@@H](O)[C@@H]2OCSSC[C@@H]1c1cc[nH]c1. The van der Waals surface area contributed by atoms with Crippen molar-refractivity contribution in [2.75, 3.05) is 38.4 Å². The minimum atomic E-state index is -2.10. The van der Waals surface area contributed by atoms with E-state index in [0.717, 1.165) is 30.7 Å². The van der Waals surface area contributed by atoms with Crippen LogP contribution in [0.2, 0.25) is 0 Å². The summed E-state index contributed by atoms with van der Waals surface area (Å²) in [5.74, 6) is -0.0750. The van der Waals surface area contributed by atoms with Gasteiger partial charge in [-0.15, -0.1) is 0 Å². The number of aromatic nitrogens is 1. The Labute approximate surface area is 349 Å². The maximum Gasteiger partial charge on any atom is 0.335 e. The fourth-order valence-corrected chi connectivity index (χ4v) is 10.0. The van der Waals surface area contributed by atoms with Crippen LogP contribution in [0, 0.1) is 11.8 Å². The number of aliphatic hydroxyl groups is 2. The molecule has 7 rings (SSSR count). The Bertz CT molecular complexity index is 2220. The van der Waals surface area contributed by atoms with E-state index in [9.17, 15) is 30.0 Å². The summed E-state index contributed by atoms with van der Waals surface area (Å²) in [4.78, 5) is 29.2. The molecule has 2 fully saturated rings. The summed E-state index contributed by atoms with van der Waals surface area (Å²) in [5, 5.41) is 51.0. The number of nitrogens with one attached hydrogen (secondary N) is 3. The maximum absolute atomic E-state index is 13.5. The molecule has 8 atom stereocenters. The minimum Gasteiger partial charge on any atom is -0.508 e. The van der Waals surface area contributed by atoms with Gasteiger partial charge >= 0.3 is 5.97 Å². The molecule has 0 saturated carbocycles. The van der Waals surface area contributed by atoms with Gasteiger partial charge in [0.25, 0.3) is 0 Å². The number of hydrogen-bond acceptors (Lipinski definition) is 13. The standard InChI is InChI=1S/C44H49N3O10S2/c1-45-18-16-28(9-5-8-27-6-3-2-4-7-27)34-22-47-25-44(53)41(55-26-59-58-24-36(34)30-17-19-46-21-30)39(50)40(42(51)52)57-43(44)56-32-14-15-33-37(20-32)54-23-35(38(33)49)29-10-12-31(48)13-11-29/h2-8,10-15,17,19-21,23,28,34,36,39-41,43,45-48,50,53H,9,16,18,22,24-26H2,1H3,(H,51,52)/b8-5+/t28-,34+,36+,39+,40-,41-,43+,44+/m0/s1. The zero-order valence-corrected chi connectivity index (χ0v) is 34.1. The second-order valence-electron chi connectivity index (χ2n) is 14.9. The highest BCUT2D eigenvalue weighted by molar-refractivity contribution is 8.76. The highest BCUT2D eigenvalue weighted by atomic mass is 33.1. The Morgan fingerprint density at radius 1 is 1.10 bits per heavy atom. The molecule has 59 heavy (non-hydrogen) atoms. The van der Waals surface area contributed by atoms with E-state index in [4.69, 9.17) is 18.6 Å². The smallest absolute Gasteiger partial charge is 0.335 e. The number of hydrogen-bond donors (Lipinski definition) is 7. The molecule has 13 nitrogen and oxygen atoms in total. The largest absolute Gasteiger partial charge is 0.508 e. The number of phenols is 1. The maximum atomic E-state index is 13.5. The number of β-amino-alcohol motifs (C(OH)–C–C–N with tert-alkyl or cyclic N) is 1. The van der Waals surface area contributed by atoms with Crippen molar-refractivity contribution in [2.24, 2.45) is 11.8 Å². The monoisotopic (exact) mass is 843 g/mol. The van der Waals surface area contributed by atoms with Crippen molar-refractivity contribution >= 4 is 44.6 Å². The van der Waals surface area contributed by atoms with Crippen molar-refractivity contribution in [3.63, 3.8) is 0 Å². The topological polar surface area (TPSA) is 196 Å². The fourth-order valence-electron chi connectivity index (χ4n) is 7.97. The lowest BCUT2D eigenvalue weighted by Gasteiger charge is -2.49. The van der Waals surface area contributed by atoms with Crippen LogP contribution in [0.3, 0.4) is 0 Å². The second-order valence-corrected chi connectivity index (χ2v) is 17.3. The van der Waals surface area contributed by atoms with Crippen LogP contribution in [0.15, 0.2) is 113 Å². The molecule has 0 unspecified atom stereocenters. The van der Waals surface area contributed by atoms with E-state index in [0.29, 0.717) is 17.7 Å². The average Bonchev–Trinajstić information content (AvgIpc) is 3.77. The zero-order chi connectivity index (χ0) is 41.4. The number of rotatable bonds is 12. The number of carbonyl (C=O) groups is 1. The van der Waals surface area contributed by atoms with Crippen molar-refractivity contribution in [3.8, 4) is 22.6 Å². The van der Waals surface area contributed by atoms with Gasteiger partial charge in [-0.2, -0.15) is 0 Å². The number of aliphatic carboxylic acids is 1. The lowest BCUT2D eigenvalue weighted by atomic mass is 9.76. The van der Waals surface area contributed by atoms with Crippen molar-refractivity contribution in [2.45, 2.75) is 49.0 Å². The summed E-state index contributed by atoms with van der Waals surface area (Å²) in [6.07, 6.45) is 4.74. The van der Waals surface area contributed by atoms with Gasteiger partial charge in [-0.3, -0.25) is 4.79 Å². The Morgan fingerprint density at radius 2 is 1.92 bits per heavy atom. The lowest BCUT2D eigenvalue weighted by molar-refractivity contribution is -0.316. The van der Waals surface area contributed by atoms with Gasteiger partial charge in [-0.1, -0.05) is 76.2 Å². The number of carboxylic acid groups (broad SMARTS) is 1. The summed E-state index contributed by atoms with van der Waals surface area (Å²) in [6.45, 7) is 1.08. The van der Waals surface area contributed by atoms with E-state index in [1.54, 1.807) is 22.9 Å². The van der Waals surface area contributed by atoms with Crippen molar-refractivity contribution in [1.29, 1.82) is 0 Å². The molecule has 2 aliphatic rings. The molecule has 0 amide bonds. The van der Waals surface area contributed by atoms with Gasteiger partial charge in [0.1, 0.15) is 41.5 Å². The average molecular weight is 844 g/mol. The highest BCUT2D eigenvalue weighted by Gasteiger charge is 2.59. The highest BCUT2D eigenvalue weighted by Crippen LogP contribution is 2.41. The first kappa shape index (κ1) is 42.5. The molecule has 0 bridgehead atoms. The summed E-state index contributed by atoms with van der Waals surface area (Å²) in [5.41, 5.74) is 0.907. The summed E-state index contributed by atoms with van der Waals surface area (Å²) < 4.78 is 24.2. The quantitative estimate of drug-likeness (QED) is 0.0742. The predicted molar refractivity (Wildman–Crippen MR) is 229 cm³/mol. The van der Waals surface area contributed by atoms with Gasteiger partial charge in [0.2, 0.25) is 6.29 Å². The van der Waals surface area contributed by atoms with Gasteiger partial charge in [0.15, 0.2) is 17.1 Å². The van der Waals surface area contributed by atoms with E-state index in [-0.39, 0.29) is 58.1 Å². The van der Waals surface area contributed by atoms with Crippen molar-refractivity contribution < 1.29 is 43.8 Å². The van der Waals surface area contributed by atoms with E-state index >= 15 is 0 Å². The van der Waals surface area contributed by atoms with E-state index in [2.05, 4.69) is 46.0 Å². The summed E-state index contributed by atoms with van der Waals surface area (Å²) in [6, 6.07) is 22.9. The third kappa shape index (κ3) is 9.90. The first-order chi connectivity index (χ1) is 28.7. The molecule has 15 heteroatoms. The first-order valence-electron chi connectivity index (χ1n) is 19.5. The van der Waals surface area contributed by atoms with Crippen LogP contribution in [-0.4, -0.2) is 100.0 Å². The Hall–Kier alpha value is -4.58. The van der Waals surface area contributed by atoms with Crippen LogP contribution in [0.5, 0.6) is 11.5 Å². The molecule has 5 aromatic rings. The number of H-pyrrole nitrogens is 1. The number of aromatic hydroxyl groups is 1. The molecule has 0 aliphatic carbocycles. The number of carboxylic acids is 1. The first-order valence-corrected chi connectivity index (χ1v) is 22.0. The molecule has 2 saturated heterocycles. The van der Waals surface area contributed by atoms with Crippen LogP contribution in [-0.2, 0) is 14.3 Å². The fraction of sp³-hybridized carbons (Fsp3) is 0.364. The number of allylic oxidation sites excluding steroid dienone is 1. The van der Waals surface area contributed by atoms with Crippen molar-refractivity contribution in [3.05, 3.63) is 125 Å². The van der Waals surface area contributed by atoms with Crippen LogP contribution >= 0.6 is 21.6 Å². The molecule has 4 heterocycles. The second kappa shape index (κ2) is 19.7. The Morgan fingerprint density at radius 3 is 2.66 bits per heavy atom. The minimum absolute atomic E-state index is 0.0335. The Balaban J connectivity index is 1.19. The van der Waals surface area contributed by atoms with Crippen LogP contribution < -0.4 is 20.8 Å². The zero-order valence-electron chi connectivity index (χ0n) is 32.4. The van der Waals surface area contributed by atoms with E-state index < -0.39 is 36.2 Å². The summed E-state index contributed by atoms with van der Waals surface area (Å²) >= 11 is 0. The molecular weight excluding hydrogens is 795 g/mol. The number of benzene rings is 3. The number of aliphatic hydroxyl groups excluding tert-OH is 1. The van der Waals surface area contributed by atoms with E-state index in [1.807, 2.05) is 37.6 Å². The Kier molecular flexibility index (Phi) is 14.2. The molecule has 7 N–H and O–H groups in total. The third-order valence-corrected chi connectivity index (χ3v) is 13.2. The molecule has 0 spiro atoms. The van der Waals surface area contributed by atoms with Crippen LogP contribution in [0.4, 0.5) is 0 Å².